The summed E-state index contributed by atoms with van der Waals surface area (Å²) in [6.07, 6.45) is 4.50. The van der Waals surface area contributed by atoms with Crippen LogP contribution in [0.5, 0.6) is 0 Å². The number of Topliss-reactive ketones (excluding diaryl/α,β-unsaturated/α-hetero) is 1. The van der Waals surface area contributed by atoms with Gasteiger partial charge in [-0.2, -0.15) is 0 Å². The number of pyridine rings is 1. The van der Waals surface area contributed by atoms with Crippen LogP contribution in [0.4, 0.5) is 0 Å². The molecule has 0 fully saturated rings. The minimum absolute atomic E-state index is 0.127. The zero-order valence-corrected chi connectivity index (χ0v) is 6.87. The number of rotatable bonds is 1. The van der Waals surface area contributed by atoms with Crippen molar-refractivity contribution in [3.05, 3.63) is 35.7 Å². The highest BCUT2D eigenvalue weighted by atomic mass is 16.1. The first-order valence-corrected chi connectivity index (χ1v) is 3.94. The van der Waals surface area contributed by atoms with Crippen LogP contribution in [0.3, 0.4) is 0 Å². The van der Waals surface area contributed by atoms with Gasteiger partial charge >= 0.3 is 0 Å². The van der Waals surface area contributed by atoms with E-state index in [1.807, 2.05) is 18.2 Å². The largest absolute Gasteiger partial charge is 0.294 e. The lowest BCUT2D eigenvalue weighted by Gasteiger charge is -1.99. The molecule has 0 unspecified atom stereocenters. The van der Waals surface area contributed by atoms with E-state index in [4.69, 9.17) is 0 Å². The summed E-state index contributed by atoms with van der Waals surface area (Å²) < 4.78 is 0. The van der Waals surface area contributed by atoms with Gasteiger partial charge in [-0.1, -0.05) is 12.1 Å². The Labute approximate surface area is 70.9 Å². The van der Waals surface area contributed by atoms with E-state index in [-0.39, 0.29) is 5.78 Å². The molecule has 0 bridgehead atoms. The van der Waals surface area contributed by atoms with Crippen LogP contribution in [0, 0.1) is 0 Å². The molecule has 1 aliphatic carbocycles. The topological polar surface area (TPSA) is 30.0 Å². The van der Waals surface area contributed by atoms with Gasteiger partial charge in [-0.05, 0) is 13.0 Å². The summed E-state index contributed by atoms with van der Waals surface area (Å²) in [6.45, 7) is 1.59. The molecule has 2 heteroatoms. The molecule has 2 nitrogen and oxygen atoms in total. The van der Waals surface area contributed by atoms with Gasteiger partial charge in [0.2, 0.25) is 0 Å². The molecule has 60 valence electrons. The van der Waals surface area contributed by atoms with E-state index in [2.05, 4.69) is 4.98 Å². The van der Waals surface area contributed by atoms with Gasteiger partial charge in [0.05, 0.1) is 5.69 Å². The van der Waals surface area contributed by atoms with Gasteiger partial charge in [0.15, 0.2) is 5.78 Å². The molecule has 1 aliphatic rings. The molecule has 0 N–H and O–H groups in total. The van der Waals surface area contributed by atoms with E-state index in [1.165, 1.54) is 0 Å². The summed E-state index contributed by atoms with van der Waals surface area (Å²) in [7, 11) is 0. The lowest BCUT2D eigenvalue weighted by molar-refractivity contribution is -0.111. The van der Waals surface area contributed by atoms with E-state index in [0.29, 0.717) is 0 Å². The van der Waals surface area contributed by atoms with Crippen molar-refractivity contribution in [1.29, 1.82) is 0 Å². The van der Waals surface area contributed by atoms with Crippen LogP contribution in [-0.2, 0) is 11.2 Å². The minimum Gasteiger partial charge on any atom is -0.294 e. The van der Waals surface area contributed by atoms with Gasteiger partial charge in [0.25, 0.3) is 0 Å². The van der Waals surface area contributed by atoms with Crippen molar-refractivity contribution < 1.29 is 4.79 Å². The maximum absolute atomic E-state index is 11.1. The number of nitrogens with zero attached hydrogens (tertiary/aromatic N) is 1. The van der Waals surface area contributed by atoms with Crippen molar-refractivity contribution in [3.8, 4) is 0 Å². The normalized spacial score (nSPS) is 13.9. The van der Waals surface area contributed by atoms with Crippen LogP contribution in [-0.4, -0.2) is 10.8 Å². The van der Waals surface area contributed by atoms with Crippen molar-refractivity contribution in [2.75, 3.05) is 0 Å². The monoisotopic (exact) mass is 159 g/mol. The standard InChI is InChI=1S/C10H9NO/c1-7(12)8-4-5-10-9(8)3-2-6-11-10/h2-4,6H,5H2,1H3. The predicted octanol–water partition coefficient (Wildman–Crippen LogP) is 1.61. The Morgan fingerprint density at radius 1 is 1.58 bits per heavy atom. The Hall–Kier alpha value is -1.44. The SMILES string of the molecule is CC(=O)C1=CCc2ncccc21. The fraction of sp³-hybridized carbons (Fsp3) is 0.200. The van der Waals surface area contributed by atoms with Gasteiger partial charge in [0.1, 0.15) is 0 Å². The molecule has 0 atom stereocenters. The fourth-order valence-electron chi connectivity index (χ4n) is 1.49. The minimum atomic E-state index is 0.127. The van der Waals surface area contributed by atoms with Gasteiger partial charge in [0, 0.05) is 23.8 Å². The third-order valence-electron chi connectivity index (χ3n) is 2.06. The summed E-state index contributed by atoms with van der Waals surface area (Å²) in [5.74, 6) is 0.127. The van der Waals surface area contributed by atoms with Crippen molar-refractivity contribution in [3.63, 3.8) is 0 Å². The van der Waals surface area contributed by atoms with Gasteiger partial charge < -0.3 is 0 Å². The van der Waals surface area contributed by atoms with Gasteiger partial charge in [-0.3, -0.25) is 9.78 Å². The Balaban J connectivity index is 2.52. The Kier molecular flexibility index (Phi) is 1.54. The van der Waals surface area contributed by atoms with E-state index in [1.54, 1.807) is 13.1 Å². The first kappa shape index (κ1) is 7.22. The average molecular weight is 159 g/mol. The smallest absolute Gasteiger partial charge is 0.160 e. The van der Waals surface area contributed by atoms with Crippen LogP contribution in [0.2, 0.25) is 0 Å². The van der Waals surface area contributed by atoms with E-state index >= 15 is 0 Å². The van der Waals surface area contributed by atoms with Crippen LogP contribution >= 0.6 is 0 Å². The molecule has 0 aromatic carbocycles. The highest BCUT2D eigenvalue weighted by Gasteiger charge is 2.16. The summed E-state index contributed by atoms with van der Waals surface area (Å²) in [6, 6.07) is 3.81. The quantitative estimate of drug-likeness (QED) is 0.623. The summed E-state index contributed by atoms with van der Waals surface area (Å²) in [5, 5.41) is 0. The van der Waals surface area contributed by atoms with E-state index in [0.717, 1.165) is 23.3 Å². The second-order valence-electron chi connectivity index (χ2n) is 2.88. The number of hydrogen-bond acceptors (Lipinski definition) is 2. The third-order valence-corrected chi connectivity index (χ3v) is 2.06. The van der Waals surface area contributed by atoms with Gasteiger partial charge in [-0.25, -0.2) is 0 Å². The third kappa shape index (κ3) is 0.961. The second kappa shape index (κ2) is 2.55. The molecule has 1 aromatic rings. The van der Waals surface area contributed by atoms with Crippen molar-refractivity contribution in [2.45, 2.75) is 13.3 Å². The van der Waals surface area contributed by atoms with Crippen LogP contribution in [0.25, 0.3) is 5.57 Å². The number of carbonyl (C=O) groups is 1. The zero-order valence-electron chi connectivity index (χ0n) is 6.87. The maximum Gasteiger partial charge on any atom is 0.160 e. The fourth-order valence-corrected chi connectivity index (χ4v) is 1.49. The summed E-state index contributed by atoms with van der Waals surface area (Å²) >= 11 is 0. The Morgan fingerprint density at radius 2 is 2.42 bits per heavy atom. The van der Waals surface area contributed by atoms with Crippen molar-refractivity contribution >= 4 is 11.4 Å². The Bertz CT molecular complexity index is 366. The number of aromatic nitrogens is 1. The number of hydrogen-bond donors (Lipinski definition) is 0. The molecule has 1 aromatic heterocycles. The number of allylic oxidation sites excluding steroid dienone is 2. The number of ketones is 1. The lowest BCUT2D eigenvalue weighted by Crippen LogP contribution is -1.94. The summed E-state index contributed by atoms with van der Waals surface area (Å²) in [5.41, 5.74) is 2.84. The van der Waals surface area contributed by atoms with Crippen molar-refractivity contribution in [2.24, 2.45) is 0 Å². The van der Waals surface area contributed by atoms with E-state index in [9.17, 15) is 4.79 Å². The summed E-state index contributed by atoms with van der Waals surface area (Å²) in [4.78, 5) is 15.3. The molecule has 1 heterocycles. The van der Waals surface area contributed by atoms with Gasteiger partial charge in [-0.15, -0.1) is 0 Å². The highest BCUT2D eigenvalue weighted by Crippen LogP contribution is 2.25. The van der Waals surface area contributed by atoms with Crippen LogP contribution in [0.15, 0.2) is 24.4 Å². The molecule has 0 aliphatic heterocycles. The van der Waals surface area contributed by atoms with Crippen LogP contribution in [0.1, 0.15) is 18.2 Å². The Morgan fingerprint density at radius 3 is 3.17 bits per heavy atom. The second-order valence-corrected chi connectivity index (χ2v) is 2.88. The van der Waals surface area contributed by atoms with E-state index < -0.39 is 0 Å². The molecule has 2 rings (SSSR count). The molecular weight excluding hydrogens is 150 g/mol. The molecule has 0 radical (unpaired) electrons. The first-order valence-electron chi connectivity index (χ1n) is 3.94. The molecule has 0 spiro atoms. The molecule has 12 heavy (non-hydrogen) atoms. The molecular formula is C10H9NO. The molecule has 0 saturated heterocycles. The predicted molar refractivity (Wildman–Crippen MR) is 46.6 cm³/mol. The number of fused-ring (bicyclic) bond motifs is 1. The van der Waals surface area contributed by atoms with Crippen molar-refractivity contribution in [1.82, 2.24) is 4.98 Å². The molecule has 0 amide bonds. The zero-order chi connectivity index (χ0) is 8.55. The van der Waals surface area contributed by atoms with Crippen LogP contribution < -0.4 is 0 Å². The first-order chi connectivity index (χ1) is 5.79. The average Bonchev–Trinajstić information content (AvgIpc) is 2.47. The molecule has 0 saturated carbocycles. The highest BCUT2D eigenvalue weighted by molar-refractivity contribution is 6.20. The lowest BCUT2D eigenvalue weighted by atomic mass is 10.1. The maximum atomic E-state index is 11.1. The number of carbonyl (C=O) groups excluding carboxylic acids is 1.